The van der Waals surface area contributed by atoms with E-state index >= 15 is 0 Å². The summed E-state index contributed by atoms with van der Waals surface area (Å²) in [6.45, 7) is 2.30. The molecule has 4 rings (SSSR count). The molecule has 1 aliphatic rings. The van der Waals surface area contributed by atoms with Gasteiger partial charge in [-0.05, 0) is 51.3 Å². The number of carbonyl (C=O) groups excluding carboxylic acids is 1. The smallest absolute Gasteiger partial charge is 0.255 e. The fourth-order valence-corrected chi connectivity index (χ4v) is 3.84. The molecule has 0 bridgehead atoms. The SMILES string of the molecule is CC(C)(O)[C@H](F)CNC(=O)c1cnc(Nc2ccc3ncncc3c2)cc1NC1CCCC1F. The van der Waals surface area contributed by atoms with Gasteiger partial charge in [-0.25, -0.2) is 23.7 Å². The Kier molecular flexibility index (Phi) is 6.87. The van der Waals surface area contributed by atoms with Gasteiger partial charge < -0.3 is 21.1 Å². The lowest BCUT2D eigenvalue weighted by atomic mass is 10.0. The third-order valence-corrected chi connectivity index (χ3v) is 5.91. The number of rotatable bonds is 8. The summed E-state index contributed by atoms with van der Waals surface area (Å²) in [4.78, 5) is 25.4. The van der Waals surface area contributed by atoms with Gasteiger partial charge in [0.1, 0.15) is 24.5 Å². The second kappa shape index (κ2) is 9.84. The Morgan fingerprint density at radius 3 is 2.79 bits per heavy atom. The molecule has 3 aromatic rings. The van der Waals surface area contributed by atoms with Crippen molar-refractivity contribution in [2.24, 2.45) is 0 Å². The summed E-state index contributed by atoms with van der Waals surface area (Å²) < 4.78 is 28.4. The fraction of sp³-hybridized carbons (Fsp3) is 0.417. The molecule has 1 saturated carbocycles. The molecule has 180 valence electrons. The number of anilines is 3. The lowest BCUT2D eigenvalue weighted by Gasteiger charge is -2.23. The topological polar surface area (TPSA) is 112 Å². The van der Waals surface area contributed by atoms with Gasteiger partial charge in [0, 0.05) is 29.5 Å². The van der Waals surface area contributed by atoms with E-state index in [1.165, 1.54) is 26.4 Å². The Labute approximate surface area is 196 Å². The number of carbonyl (C=O) groups is 1. The highest BCUT2D eigenvalue weighted by Crippen LogP contribution is 2.29. The van der Waals surface area contributed by atoms with Crippen LogP contribution in [0.15, 0.2) is 43.0 Å². The molecule has 1 amide bonds. The van der Waals surface area contributed by atoms with Crippen LogP contribution in [0.4, 0.5) is 26.0 Å². The summed E-state index contributed by atoms with van der Waals surface area (Å²) in [5.74, 6) is -0.117. The van der Waals surface area contributed by atoms with Crippen molar-refractivity contribution < 1.29 is 18.7 Å². The van der Waals surface area contributed by atoms with Gasteiger partial charge in [0.15, 0.2) is 0 Å². The highest BCUT2D eigenvalue weighted by Gasteiger charge is 2.29. The van der Waals surface area contributed by atoms with Crippen LogP contribution >= 0.6 is 0 Å². The average molecular weight is 471 g/mol. The number of pyridine rings is 1. The summed E-state index contributed by atoms with van der Waals surface area (Å²) in [6.07, 6.45) is 3.73. The number of benzene rings is 1. The predicted molar refractivity (Wildman–Crippen MR) is 127 cm³/mol. The molecule has 0 radical (unpaired) electrons. The monoisotopic (exact) mass is 470 g/mol. The summed E-state index contributed by atoms with van der Waals surface area (Å²) in [5, 5.41) is 19.4. The van der Waals surface area contributed by atoms with E-state index in [-0.39, 0.29) is 12.1 Å². The normalized spacial score (nSPS) is 19.1. The molecule has 10 heteroatoms. The molecule has 4 N–H and O–H groups in total. The van der Waals surface area contributed by atoms with Crippen molar-refractivity contribution in [3.05, 3.63) is 48.5 Å². The molecule has 8 nitrogen and oxygen atoms in total. The van der Waals surface area contributed by atoms with E-state index in [1.54, 1.807) is 12.3 Å². The molecule has 1 aliphatic carbocycles. The Hall–Kier alpha value is -3.40. The summed E-state index contributed by atoms with van der Waals surface area (Å²) in [7, 11) is 0. The van der Waals surface area contributed by atoms with Crippen molar-refractivity contribution in [3.8, 4) is 0 Å². The maximum atomic E-state index is 14.3. The predicted octanol–water partition coefficient (Wildman–Crippen LogP) is 3.91. The van der Waals surface area contributed by atoms with Gasteiger partial charge in [0.05, 0.1) is 35.0 Å². The first-order valence-corrected chi connectivity index (χ1v) is 11.2. The fourth-order valence-electron chi connectivity index (χ4n) is 3.84. The lowest BCUT2D eigenvalue weighted by molar-refractivity contribution is -0.00177. The van der Waals surface area contributed by atoms with E-state index in [2.05, 4.69) is 30.9 Å². The van der Waals surface area contributed by atoms with Crippen LogP contribution in [0, 0.1) is 0 Å². The molecule has 2 heterocycles. The highest BCUT2D eigenvalue weighted by atomic mass is 19.1. The van der Waals surface area contributed by atoms with Crippen molar-refractivity contribution in [1.82, 2.24) is 20.3 Å². The number of aromatic nitrogens is 3. The number of alkyl halides is 2. The molecule has 1 aromatic carbocycles. The molecule has 34 heavy (non-hydrogen) atoms. The van der Waals surface area contributed by atoms with Crippen LogP contribution in [0.25, 0.3) is 10.9 Å². The number of nitrogens with zero attached hydrogens (tertiary/aromatic N) is 3. The first kappa shape index (κ1) is 23.7. The van der Waals surface area contributed by atoms with E-state index in [9.17, 15) is 18.7 Å². The largest absolute Gasteiger partial charge is 0.387 e. The van der Waals surface area contributed by atoms with Gasteiger partial charge in [-0.3, -0.25) is 4.79 Å². The van der Waals surface area contributed by atoms with E-state index in [4.69, 9.17) is 0 Å². The zero-order valence-corrected chi connectivity index (χ0v) is 19.1. The van der Waals surface area contributed by atoms with Crippen molar-refractivity contribution in [1.29, 1.82) is 0 Å². The Balaban J connectivity index is 1.57. The minimum Gasteiger partial charge on any atom is -0.387 e. The van der Waals surface area contributed by atoms with Crippen LogP contribution < -0.4 is 16.0 Å². The van der Waals surface area contributed by atoms with Gasteiger partial charge in [-0.2, -0.15) is 0 Å². The first-order valence-electron chi connectivity index (χ1n) is 11.2. The van der Waals surface area contributed by atoms with Crippen molar-refractivity contribution in [3.63, 3.8) is 0 Å². The third-order valence-electron chi connectivity index (χ3n) is 5.91. The number of hydrogen-bond acceptors (Lipinski definition) is 7. The summed E-state index contributed by atoms with van der Waals surface area (Å²) in [5.41, 5.74) is 0.520. The van der Waals surface area contributed by atoms with E-state index in [0.717, 1.165) is 23.0 Å². The van der Waals surface area contributed by atoms with Gasteiger partial charge in [0.2, 0.25) is 0 Å². The summed E-state index contributed by atoms with van der Waals surface area (Å²) in [6, 6.07) is 6.77. The van der Waals surface area contributed by atoms with E-state index in [0.29, 0.717) is 24.3 Å². The van der Waals surface area contributed by atoms with Crippen LogP contribution in [0.3, 0.4) is 0 Å². The minimum atomic E-state index is -1.65. The van der Waals surface area contributed by atoms with Crippen LogP contribution in [0.1, 0.15) is 43.5 Å². The number of aliphatic hydroxyl groups is 1. The molecule has 2 unspecified atom stereocenters. The standard InChI is InChI=1S/C24H28F2N6O2/c1-24(2,34)21(26)12-29-23(33)16-11-28-22(9-20(16)32-19-5-3-4-17(19)25)31-15-6-7-18-14(8-15)10-27-13-30-18/h6-11,13,17,19,21,34H,3-5,12H2,1-2H3,(H,29,33)(H2,28,31,32)/t17?,19?,21-/m1/s1. The maximum Gasteiger partial charge on any atom is 0.255 e. The molecular formula is C24H28F2N6O2. The van der Waals surface area contributed by atoms with Crippen LogP contribution in [-0.2, 0) is 0 Å². The average Bonchev–Trinajstić information content (AvgIpc) is 3.21. The minimum absolute atomic E-state index is 0.166. The molecule has 0 aliphatic heterocycles. The van der Waals surface area contributed by atoms with Gasteiger partial charge in [-0.15, -0.1) is 0 Å². The molecule has 3 atom stereocenters. The lowest BCUT2D eigenvalue weighted by Crippen LogP contribution is -2.42. The molecule has 2 aromatic heterocycles. The summed E-state index contributed by atoms with van der Waals surface area (Å²) >= 11 is 0. The molecule has 0 saturated heterocycles. The zero-order chi connectivity index (χ0) is 24.3. The number of halogens is 2. The van der Waals surface area contributed by atoms with Crippen molar-refractivity contribution in [2.45, 2.75) is 57.1 Å². The molecular weight excluding hydrogens is 442 g/mol. The van der Waals surface area contributed by atoms with Gasteiger partial charge in [-0.1, -0.05) is 0 Å². The Morgan fingerprint density at radius 1 is 1.24 bits per heavy atom. The Morgan fingerprint density at radius 2 is 2.06 bits per heavy atom. The molecule has 0 spiro atoms. The highest BCUT2D eigenvalue weighted by molar-refractivity contribution is 6.00. The van der Waals surface area contributed by atoms with Gasteiger partial charge >= 0.3 is 0 Å². The van der Waals surface area contributed by atoms with Crippen molar-refractivity contribution >= 4 is 34.0 Å². The van der Waals surface area contributed by atoms with Crippen LogP contribution in [0.2, 0.25) is 0 Å². The zero-order valence-electron chi connectivity index (χ0n) is 19.1. The van der Waals surface area contributed by atoms with Crippen LogP contribution in [0.5, 0.6) is 0 Å². The number of amides is 1. The second-order valence-electron chi connectivity index (χ2n) is 9.07. The number of nitrogens with one attached hydrogen (secondary N) is 3. The number of hydrogen-bond donors (Lipinski definition) is 4. The van der Waals surface area contributed by atoms with E-state index in [1.807, 2.05) is 18.2 Å². The Bertz CT molecular complexity index is 1170. The quantitative estimate of drug-likeness (QED) is 0.395. The third kappa shape index (κ3) is 5.56. The van der Waals surface area contributed by atoms with E-state index < -0.39 is 29.9 Å². The van der Waals surface area contributed by atoms with Crippen molar-refractivity contribution in [2.75, 3.05) is 17.2 Å². The molecule has 1 fully saturated rings. The first-order chi connectivity index (χ1) is 16.2. The second-order valence-corrected chi connectivity index (χ2v) is 9.07. The number of fused-ring (bicyclic) bond motifs is 1. The van der Waals surface area contributed by atoms with Crippen LogP contribution in [-0.4, -0.2) is 56.5 Å². The maximum absolute atomic E-state index is 14.3. The van der Waals surface area contributed by atoms with Gasteiger partial charge in [0.25, 0.3) is 5.91 Å².